The maximum absolute atomic E-state index is 13.5. The van der Waals surface area contributed by atoms with Crippen LogP contribution in [0, 0.1) is 11.8 Å². The number of likely N-dealkylation sites (tertiary alicyclic amines) is 1. The number of quaternary nitrogens is 1. The Balaban J connectivity index is 1.64. The Morgan fingerprint density at radius 3 is 2.61 bits per heavy atom. The van der Waals surface area contributed by atoms with E-state index >= 15 is 0 Å². The molecule has 3 aliphatic heterocycles. The minimum Gasteiger partial charge on any atom is -0.369 e. The van der Waals surface area contributed by atoms with E-state index in [1.54, 1.807) is 11.4 Å². The smallest absolute Gasteiger partial charge is 0.291 e. The van der Waals surface area contributed by atoms with Crippen molar-refractivity contribution in [2.24, 2.45) is 17.6 Å². The number of hydrogen-bond acceptors (Lipinski definition) is 4. The molecule has 8 nitrogen and oxygen atoms in total. The maximum atomic E-state index is 13.5. The van der Waals surface area contributed by atoms with Crippen LogP contribution >= 0.6 is 0 Å². The second kappa shape index (κ2) is 5.88. The minimum absolute atomic E-state index is 0.0457. The number of imide groups is 1. The van der Waals surface area contributed by atoms with E-state index in [2.05, 4.69) is 5.32 Å². The molecule has 1 aromatic carbocycles. The third kappa shape index (κ3) is 2.09. The second-order valence-electron chi connectivity index (χ2n) is 8.36. The van der Waals surface area contributed by atoms with Crippen molar-refractivity contribution < 1.29 is 24.5 Å². The van der Waals surface area contributed by atoms with Gasteiger partial charge in [0.1, 0.15) is 17.9 Å². The number of carbonyl (C=O) groups is 4. The molecule has 5 rings (SSSR count). The van der Waals surface area contributed by atoms with Gasteiger partial charge in [0.2, 0.25) is 23.3 Å². The number of nitrogens with one attached hydrogen (secondary N) is 1. The van der Waals surface area contributed by atoms with E-state index in [4.69, 9.17) is 5.73 Å². The predicted octanol–water partition coefficient (Wildman–Crippen LogP) is -0.801. The molecular weight excluding hydrogens is 360 g/mol. The first-order chi connectivity index (χ1) is 13.4. The summed E-state index contributed by atoms with van der Waals surface area (Å²) in [7, 11) is 0. The first kappa shape index (κ1) is 17.4. The Labute approximate surface area is 161 Å². The van der Waals surface area contributed by atoms with Crippen LogP contribution in [0.4, 0.5) is 5.69 Å². The van der Waals surface area contributed by atoms with Crippen molar-refractivity contribution in [2.45, 2.75) is 49.7 Å². The molecule has 0 radical (unpaired) electrons. The van der Waals surface area contributed by atoms with Crippen LogP contribution in [0.3, 0.4) is 0 Å². The van der Waals surface area contributed by atoms with E-state index in [1.807, 2.05) is 18.2 Å². The number of primary amides is 1. The van der Waals surface area contributed by atoms with Crippen LogP contribution in [0.1, 0.15) is 37.7 Å². The Bertz CT molecular complexity index is 909. The predicted molar refractivity (Wildman–Crippen MR) is 97.4 cm³/mol. The summed E-state index contributed by atoms with van der Waals surface area (Å²) in [6.45, 7) is 0. The molecule has 2 saturated heterocycles. The Morgan fingerprint density at radius 1 is 1.18 bits per heavy atom. The van der Waals surface area contributed by atoms with Crippen molar-refractivity contribution in [1.82, 2.24) is 4.90 Å². The number of hydrogen-bond donors (Lipinski definition) is 3. The number of nitrogens with two attached hydrogens (primary N) is 2. The van der Waals surface area contributed by atoms with Crippen molar-refractivity contribution in [3.05, 3.63) is 29.8 Å². The number of anilines is 1. The average molecular weight is 383 g/mol. The molecule has 4 amide bonds. The molecule has 0 aromatic heterocycles. The van der Waals surface area contributed by atoms with Crippen LogP contribution in [-0.4, -0.2) is 40.6 Å². The molecule has 5 N–H and O–H groups in total. The quantitative estimate of drug-likeness (QED) is 0.591. The van der Waals surface area contributed by atoms with Crippen molar-refractivity contribution >= 4 is 29.3 Å². The molecule has 146 valence electrons. The van der Waals surface area contributed by atoms with Crippen molar-refractivity contribution in [1.29, 1.82) is 0 Å². The third-order valence-corrected chi connectivity index (χ3v) is 6.94. The van der Waals surface area contributed by atoms with Gasteiger partial charge in [0, 0.05) is 11.6 Å². The summed E-state index contributed by atoms with van der Waals surface area (Å²) < 4.78 is 0. The molecule has 4 aliphatic rings. The van der Waals surface area contributed by atoms with E-state index in [1.165, 1.54) is 4.90 Å². The zero-order valence-electron chi connectivity index (χ0n) is 15.4. The molecule has 4 atom stereocenters. The molecule has 1 spiro atoms. The van der Waals surface area contributed by atoms with Crippen LogP contribution in [0.25, 0.3) is 0 Å². The average Bonchev–Trinajstić information content (AvgIpc) is 3.37. The molecule has 0 unspecified atom stereocenters. The number of benzene rings is 1. The molecule has 1 saturated carbocycles. The molecule has 3 heterocycles. The van der Waals surface area contributed by atoms with Gasteiger partial charge in [-0.15, -0.1) is 0 Å². The largest absolute Gasteiger partial charge is 0.369 e. The molecule has 1 aromatic rings. The third-order valence-electron chi connectivity index (χ3n) is 6.94. The minimum atomic E-state index is -1.22. The number of para-hydroxylation sites is 1. The summed E-state index contributed by atoms with van der Waals surface area (Å²) in [6, 6.07) is 6.63. The number of amides is 4. The normalized spacial score (nSPS) is 34.2. The highest BCUT2D eigenvalue weighted by Gasteiger charge is 2.74. The summed E-state index contributed by atoms with van der Waals surface area (Å²) in [5.41, 5.74) is 5.58. The lowest BCUT2D eigenvalue weighted by Gasteiger charge is -2.28. The van der Waals surface area contributed by atoms with Gasteiger partial charge in [-0.2, -0.15) is 0 Å². The highest BCUT2D eigenvalue weighted by molar-refractivity contribution is 6.14. The van der Waals surface area contributed by atoms with Gasteiger partial charge in [0.05, 0.1) is 12.1 Å². The molecule has 8 heteroatoms. The van der Waals surface area contributed by atoms with Gasteiger partial charge in [-0.3, -0.25) is 24.1 Å². The van der Waals surface area contributed by atoms with Gasteiger partial charge in [0.25, 0.3) is 5.91 Å². The Hall–Kier alpha value is -2.74. The fraction of sp³-hybridized carbons (Fsp3) is 0.500. The van der Waals surface area contributed by atoms with Crippen LogP contribution in [0.5, 0.6) is 0 Å². The van der Waals surface area contributed by atoms with E-state index < -0.39 is 29.3 Å². The summed E-state index contributed by atoms with van der Waals surface area (Å²) in [6.07, 6.45) is 3.54. The highest BCUT2D eigenvalue weighted by Crippen LogP contribution is 2.50. The maximum Gasteiger partial charge on any atom is 0.291 e. The van der Waals surface area contributed by atoms with E-state index in [9.17, 15) is 19.2 Å². The monoisotopic (exact) mass is 383 g/mol. The number of nitrogens with zero attached hydrogens (tertiary/aromatic N) is 1. The fourth-order valence-electron chi connectivity index (χ4n) is 5.88. The fourth-order valence-corrected chi connectivity index (χ4v) is 5.88. The van der Waals surface area contributed by atoms with Gasteiger partial charge in [0.15, 0.2) is 0 Å². The van der Waals surface area contributed by atoms with Gasteiger partial charge >= 0.3 is 0 Å². The summed E-state index contributed by atoms with van der Waals surface area (Å²) in [5.74, 6) is -2.89. The van der Waals surface area contributed by atoms with Gasteiger partial charge < -0.3 is 16.4 Å². The lowest BCUT2D eigenvalue weighted by atomic mass is 9.76. The Morgan fingerprint density at radius 2 is 1.89 bits per heavy atom. The van der Waals surface area contributed by atoms with E-state index in [0.29, 0.717) is 11.3 Å². The standard InChI is InChI=1S/C20H22N4O4/c21-14(25)9-13-15-16(18(27)24(17(15)26)10-5-1-2-6-10)20(23-13)11-7-3-4-8-12(11)22-19(20)28/h3-4,7-8,10,13,15-16,23H,1-2,5-6,9H2,(H2,21,25)(H,22,28)/p+1/t13-,15-,16+,20-/m1/s1. The summed E-state index contributed by atoms with van der Waals surface area (Å²) in [5, 5.41) is 4.61. The zero-order valence-corrected chi connectivity index (χ0v) is 15.4. The van der Waals surface area contributed by atoms with Crippen molar-refractivity contribution in [2.75, 3.05) is 5.32 Å². The van der Waals surface area contributed by atoms with Gasteiger partial charge in [-0.05, 0) is 18.9 Å². The lowest BCUT2D eigenvalue weighted by Crippen LogP contribution is -2.99. The molecular formula is C20H23N4O4+. The lowest BCUT2D eigenvalue weighted by molar-refractivity contribution is -0.732. The molecule has 0 bridgehead atoms. The topological polar surface area (TPSA) is 126 Å². The first-order valence-electron chi connectivity index (χ1n) is 9.87. The van der Waals surface area contributed by atoms with Gasteiger partial charge in [-0.25, -0.2) is 0 Å². The van der Waals surface area contributed by atoms with Crippen molar-refractivity contribution in [3.63, 3.8) is 0 Å². The molecule has 3 fully saturated rings. The first-order valence-corrected chi connectivity index (χ1v) is 9.87. The second-order valence-corrected chi connectivity index (χ2v) is 8.36. The molecule has 28 heavy (non-hydrogen) atoms. The number of fused-ring (bicyclic) bond motifs is 4. The van der Waals surface area contributed by atoms with Crippen LogP contribution < -0.4 is 16.4 Å². The van der Waals surface area contributed by atoms with E-state index in [-0.39, 0.29) is 30.2 Å². The summed E-state index contributed by atoms with van der Waals surface area (Å²) >= 11 is 0. The zero-order chi connectivity index (χ0) is 19.6. The molecule has 1 aliphatic carbocycles. The van der Waals surface area contributed by atoms with Crippen LogP contribution in [-0.2, 0) is 24.7 Å². The van der Waals surface area contributed by atoms with Gasteiger partial charge in [-0.1, -0.05) is 31.0 Å². The van der Waals surface area contributed by atoms with E-state index in [0.717, 1.165) is 25.7 Å². The summed E-state index contributed by atoms with van der Waals surface area (Å²) in [4.78, 5) is 53.1. The number of carbonyl (C=O) groups excluding carboxylic acids is 4. The van der Waals surface area contributed by atoms with Crippen LogP contribution in [0.15, 0.2) is 24.3 Å². The highest BCUT2D eigenvalue weighted by atomic mass is 16.2. The van der Waals surface area contributed by atoms with Crippen LogP contribution in [0.2, 0.25) is 0 Å². The number of rotatable bonds is 3. The SMILES string of the molecule is NC(=O)C[C@H]1[NH2+][C@@]2(C(=O)Nc3ccccc32)[C@@H]2C(=O)N(C3CCCC3)C(=O)[C@@H]21. The Kier molecular flexibility index (Phi) is 3.64. The van der Waals surface area contributed by atoms with Crippen molar-refractivity contribution in [3.8, 4) is 0 Å².